The molecule has 2 atom stereocenters. The van der Waals surface area contributed by atoms with Crippen molar-refractivity contribution < 1.29 is 4.79 Å². The maximum atomic E-state index is 12.5. The lowest BCUT2D eigenvalue weighted by atomic mass is 10.1. The van der Waals surface area contributed by atoms with Crippen molar-refractivity contribution in [3.8, 4) is 0 Å². The molecule has 92 valence electrons. The molecule has 17 heavy (non-hydrogen) atoms. The van der Waals surface area contributed by atoms with Gasteiger partial charge in [0.25, 0.3) is 5.91 Å². The van der Waals surface area contributed by atoms with E-state index >= 15 is 0 Å². The van der Waals surface area contributed by atoms with Gasteiger partial charge in [0, 0.05) is 30.7 Å². The van der Waals surface area contributed by atoms with Crippen LogP contribution in [0.25, 0.3) is 0 Å². The van der Waals surface area contributed by atoms with E-state index < -0.39 is 0 Å². The fourth-order valence-corrected chi connectivity index (χ4v) is 2.46. The highest BCUT2D eigenvalue weighted by molar-refractivity contribution is 5.94. The first-order chi connectivity index (χ1) is 8.09. The van der Waals surface area contributed by atoms with Crippen molar-refractivity contribution in [2.24, 2.45) is 0 Å². The lowest BCUT2D eigenvalue weighted by Gasteiger charge is -2.39. The number of rotatable bonds is 1. The molecule has 1 amide bonds. The van der Waals surface area contributed by atoms with Gasteiger partial charge in [-0.15, -0.1) is 0 Å². The van der Waals surface area contributed by atoms with Crippen molar-refractivity contribution in [3.05, 3.63) is 35.4 Å². The first-order valence-electron chi connectivity index (χ1n) is 6.19. The van der Waals surface area contributed by atoms with E-state index in [4.69, 9.17) is 0 Å². The number of hydrogen-bond donors (Lipinski definition) is 1. The minimum absolute atomic E-state index is 0.148. The zero-order valence-corrected chi connectivity index (χ0v) is 10.7. The minimum atomic E-state index is 0.148. The van der Waals surface area contributed by atoms with Gasteiger partial charge in [0.2, 0.25) is 0 Å². The summed E-state index contributed by atoms with van der Waals surface area (Å²) in [7, 11) is 0. The molecule has 3 nitrogen and oxygen atoms in total. The molecule has 2 rings (SSSR count). The van der Waals surface area contributed by atoms with Crippen LogP contribution in [0.4, 0.5) is 0 Å². The quantitative estimate of drug-likeness (QED) is 0.801. The average Bonchev–Trinajstić information content (AvgIpc) is 2.28. The number of benzene rings is 1. The van der Waals surface area contributed by atoms with Crippen LogP contribution in [0.5, 0.6) is 0 Å². The van der Waals surface area contributed by atoms with Gasteiger partial charge in [0.1, 0.15) is 0 Å². The van der Waals surface area contributed by atoms with Crippen molar-refractivity contribution in [2.45, 2.75) is 32.9 Å². The number of nitrogens with zero attached hydrogens (tertiary/aromatic N) is 1. The van der Waals surface area contributed by atoms with E-state index in [0.29, 0.717) is 0 Å². The zero-order chi connectivity index (χ0) is 12.4. The molecule has 0 spiro atoms. The maximum absolute atomic E-state index is 12.5. The number of piperazine rings is 1. The normalized spacial score (nSPS) is 24.8. The summed E-state index contributed by atoms with van der Waals surface area (Å²) in [5.74, 6) is 0.148. The topological polar surface area (TPSA) is 32.3 Å². The highest BCUT2D eigenvalue weighted by Gasteiger charge is 2.29. The molecule has 0 aliphatic carbocycles. The highest BCUT2D eigenvalue weighted by Crippen LogP contribution is 2.15. The number of amides is 1. The van der Waals surface area contributed by atoms with Gasteiger partial charge in [0.15, 0.2) is 0 Å². The molecule has 1 aliphatic heterocycles. The van der Waals surface area contributed by atoms with E-state index in [1.54, 1.807) is 0 Å². The lowest BCUT2D eigenvalue weighted by Crippen LogP contribution is -2.57. The fourth-order valence-electron chi connectivity index (χ4n) is 2.46. The standard InChI is InChI=1S/C14H20N2O/c1-10-5-4-6-13(7-10)14(17)16-11(2)8-15-9-12(16)3/h4-7,11-12,15H,8-9H2,1-3H3. The average molecular weight is 232 g/mol. The summed E-state index contributed by atoms with van der Waals surface area (Å²) in [6, 6.07) is 8.33. The van der Waals surface area contributed by atoms with Crippen LogP contribution in [0.1, 0.15) is 29.8 Å². The SMILES string of the molecule is Cc1cccc(C(=O)N2C(C)CNCC2C)c1. The molecule has 3 heteroatoms. The smallest absolute Gasteiger partial charge is 0.254 e. The van der Waals surface area contributed by atoms with Crippen molar-refractivity contribution in [3.63, 3.8) is 0 Å². The molecule has 1 heterocycles. The van der Waals surface area contributed by atoms with Gasteiger partial charge in [-0.3, -0.25) is 4.79 Å². The van der Waals surface area contributed by atoms with Crippen LogP contribution in [0.2, 0.25) is 0 Å². The summed E-state index contributed by atoms with van der Waals surface area (Å²) in [5.41, 5.74) is 1.93. The second-order valence-electron chi connectivity index (χ2n) is 4.94. The van der Waals surface area contributed by atoms with Gasteiger partial charge in [-0.1, -0.05) is 17.7 Å². The maximum Gasteiger partial charge on any atom is 0.254 e. The van der Waals surface area contributed by atoms with Crippen LogP contribution >= 0.6 is 0 Å². The molecule has 1 aliphatic rings. The first-order valence-corrected chi connectivity index (χ1v) is 6.19. The Bertz CT molecular complexity index is 406. The summed E-state index contributed by atoms with van der Waals surface area (Å²) in [5, 5.41) is 3.34. The highest BCUT2D eigenvalue weighted by atomic mass is 16.2. The fraction of sp³-hybridized carbons (Fsp3) is 0.500. The van der Waals surface area contributed by atoms with Crippen molar-refractivity contribution >= 4 is 5.91 Å². The van der Waals surface area contributed by atoms with Gasteiger partial charge < -0.3 is 10.2 Å². The lowest BCUT2D eigenvalue weighted by molar-refractivity contribution is 0.0544. The summed E-state index contributed by atoms with van der Waals surface area (Å²) in [6.07, 6.45) is 0. The second-order valence-corrected chi connectivity index (χ2v) is 4.94. The minimum Gasteiger partial charge on any atom is -0.331 e. The molecule has 1 aromatic rings. The number of aryl methyl sites for hydroxylation is 1. The van der Waals surface area contributed by atoms with Crippen LogP contribution in [-0.2, 0) is 0 Å². The predicted molar refractivity (Wildman–Crippen MR) is 69.1 cm³/mol. The molecule has 1 aromatic carbocycles. The van der Waals surface area contributed by atoms with E-state index in [1.807, 2.05) is 36.1 Å². The molecule has 1 saturated heterocycles. The summed E-state index contributed by atoms with van der Waals surface area (Å²) in [6.45, 7) is 7.96. The number of hydrogen-bond acceptors (Lipinski definition) is 2. The van der Waals surface area contributed by atoms with E-state index in [0.717, 1.165) is 24.2 Å². The third-order valence-corrected chi connectivity index (χ3v) is 3.33. The predicted octanol–water partition coefficient (Wildman–Crippen LogP) is 1.82. The Labute approximate surface area is 103 Å². The van der Waals surface area contributed by atoms with Crippen LogP contribution in [-0.4, -0.2) is 36.0 Å². The monoisotopic (exact) mass is 232 g/mol. The van der Waals surface area contributed by atoms with Crippen LogP contribution in [0.15, 0.2) is 24.3 Å². The van der Waals surface area contributed by atoms with Crippen LogP contribution < -0.4 is 5.32 Å². The van der Waals surface area contributed by atoms with Gasteiger partial charge in [-0.05, 0) is 32.9 Å². The van der Waals surface area contributed by atoms with Crippen molar-refractivity contribution in [1.29, 1.82) is 0 Å². The van der Waals surface area contributed by atoms with Gasteiger partial charge >= 0.3 is 0 Å². The molecule has 2 unspecified atom stereocenters. The van der Waals surface area contributed by atoms with E-state index in [9.17, 15) is 4.79 Å². The van der Waals surface area contributed by atoms with Crippen LogP contribution in [0, 0.1) is 6.92 Å². The molecule has 1 N–H and O–H groups in total. The largest absolute Gasteiger partial charge is 0.331 e. The molecular formula is C14H20N2O. The number of nitrogens with one attached hydrogen (secondary N) is 1. The number of carbonyl (C=O) groups is 1. The Morgan fingerprint density at radius 2 is 1.94 bits per heavy atom. The Balaban J connectivity index is 2.24. The summed E-state index contributed by atoms with van der Waals surface area (Å²) in [4.78, 5) is 14.5. The van der Waals surface area contributed by atoms with Crippen molar-refractivity contribution in [1.82, 2.24) is 10.2 Å². The molecule has 0 aromatic heterocycles. The van der Waals surface area contributed by atoms with Gasteiger partial charge in [-0.2, -0.15) is 0 Å². The Morgan fingerprint density at radius 3 is 2.53 bits per heavy atom. The van der Waals surface area contributed by atoms with Crippen LogP contribution in [0.3, 0.4) is 0 Å². The third-order valence-electron chi connectivity index (χ3n) is 3.33. The zero-order valence-electron chi connectivity index (χ0n) is 10.7. The molecule has 0 bridgehead atoms. The number of carbonyl (C=O) groups excluding carboxylic acids is 1. The van der Waals surface area contributed by atoms with Gasteiger partial charge in [0.05, 0.1) is 0 Å². The van der Waals surface area contributed by atoms with Crippen molar-refractivity contribution in [2.75, 3.05) is 13.1 Å². The summed E-state index contributed by atoms with van der Waals surface area (Å²) < 4.78 is 0. The first kappa shape index (κ1) is 12.1. The summed E-state index contributed by atoms with van der Waals surface area (Å²) >= 11 is 0. The molecule has 0 radical (unpaired) electrons. The third kappa shape index (κ3) is 2.50. The second kappa shape index (κ2) is 4.88. The van der Waals surface area contributed by atoms with E-state index in [1.165, 1.54) is 0 Å². The Hall–Kier alpha value is -1.35. The molecule has 1 fully saturated rings. The molecule has 0 saturated carbocycles. The Kier molecular flexibility index (Phi) is 3.48. The van der Waals surface area contributed by atoms with Gasteiger partial charge in [-0.25, -0.2) is 0 Å². The molecular weight excluding hydrogens is 212 g/mol. The van der Waals surface area contributed by atoms with E-state index in [2.05, 4.69) is 19.2 Å². The van der Waals surface area contributed by atoms with E-state index in [-0.39, 0.29) is 18.0 Å². The Morgan fingerprint density at radius 1 is 1.29 bits per heavy atom.